The fourth-order valence-electron chi connectivity index (χ4n) is 1.67. The highest BCUT2D eigenvalue weighted by Gasteiger charge is 2.22. The maximum Gasteiger partial charge on any atom is 0.269 e. The Balaban J connectivity index is 2.21. The van der Waals surface area contributed by atoms with Gasteiger partial charge in [-0.25, -0.2) is 0 Å². The van der Waals surface area contributed by atoms with Gasteiger partial charge in [-0.2, -0.15) is 0 Å². The second-order valence-corrected chi connectivity index (χ2v) is 3.79. The largest absolute Gasteiger partial charge is 0.275 e. The zero-order valence-electron chi connectivity index (χ0n) is 9.41. The Bertz CT molecular complexity index is 534. The van der Waals surface area contributed by atoms with Crippen molar-refractivity contribution in [2.75, 3.05) is 6.54 Å². The maximum absolute atomic E-state index is 12.0. The quantitative estimate of drug-likeness (QED) is 0.450. The van der Waals surface area contributed by atoms with Gasteiger partial charge in [0.05, 0.1) is 4.92 Å². The average molecular weight is 246 g/mol. The lowest BCUT2D eigenvalue weighted by atomic mass is 10.1. The number of imide groups is 1. The second-order valence-electron chi connectivity index (χ2n) is 3.79. The van der Waals surface area contributed by atoms with Crippen LogP contribution in [0, 0.1) is 10.1 Å². The topological polar surface area (TPSA) is 80.5 Å². The number of rotatable bonds is 2. The smallest absolute Gasteiger partial charge is 0.269 e. The van der Waals surface area contributed by atoms with Crippen molar-refractivity contribution in [2.45, 2.75) is 6.42 Å². The van der Waals surface area contributed by atoms with E-state index in [1.165, 1.54) is 30.3 Å². The van der Waals surface area contributed by atoms with Gasteiger partial charge in [0, 0.05) is 24.2 Å². The number of hydrogen-bond acceptors (Lipinski definition) is 4. The van der Waals surface area contributed by atoms with E-state index in [-0.39, 0.29) is 17.2 Å². The molecule has 1 aliphatic rings. The summed E-state index contributed by atoms with van der Waals surface area (Å²) in [4.78, 5) is 34.6. The van der Waals surface area contributed by atoms with E-state index in [4.69, 9.17) is 0 Å². The van der Waals surface area contributed by atoms with Gasteiger partial charge in [0.1, 0.15) is 0 Å². The lowest BCUT2D eigenvalue weighted by Crippen LogP contribution is -2.38. The summed E-state index contributed by atoms with van der Waals surface area (Å²) in [6.45, 7) is 0.338. The van der Waals surface area contributed by atoms with Crippen molar-refractivity contribution in [1.29, 1.82) is 0 Å². The highest BCUT2D eigenvalue weighted by Crippen LogP contribution is 2.15. The molecule has 0 spiro atoms. The summed E-state index contributed by atoms with van der Waals surface area (Å²) in [7, 11) is 0. The first-order valence-corrected chi connectivity index (χ1v) is 5.36. The van der Waals surface area contributed by atoms with Crippen molar-refractivity contribution in [3.05, 3.63) is 52.1 Å². The summed E-state index contributed by atoms with van der Waals surface area (Å²) >= 11 is 0. The molecule has 0 radical (unpaired) electrons. The van der Waals surface area contributed by atoms with Crippen LogP contribution in [0.15, 0.2) is 36.4 Å². The van der Waals surface area contributed by atoms with Crippen molar-refractivity contribution < 1.29 is 14.5 Å². The molecule has 0 aromatic heterocycles. The molecule has 0 aliphatic carbocycles. The number of nitrogens with zero attached hydrogens (tertiary/aromatic N) is 2. The van der Waals surface area contributed by atoms with E-state index in [2.05, 4.69) is 0 Å². The van der Waals surface area contributed by atoms with Gasteiger partial charge in [0.2, 0.25) is 0 Å². The van der Waals surface area contributed by atoms with Crippen LogP contribution in [0.3, 0.4) is 0 Å². The van der Waals surface area contributed by atoms with Gasteiger partial charge in [-0.15, -0.1) is 0 Å². The van der Waals surface area contributed by atoms with Gasteiger partial charge in [-0.05, 0) is 24.6 Å². The van der Waals surface area contributed by atoms with Gasteiger partial charge in [0.15, 0.2) is 0 Å². The van der Waals surface area contributed by atoms with E-state index in [9.17, 15) is 19.7 Å². The molecule has 1 heterocycles. The highest BCUT2D eigenvalue weighted by molar-refractivity contribution is 6.08. The monoisotopic (exact) mass is 246 g/mol. The van der Waals surface area contributed by atoms with Crippen LogP contribution in [0.5, 0.6) is 0 Å². The molecule has 2 rings (SSSR count). The number of nitro benzene ring substituents is 1. The first-order chi connectivity index (χ1) is 8.59. The van der Waals surface area contributed by atoms with Crippen LogP contribution in [-0.4, -0.2) is 28.2 Å². The van der Waals surface area contributed by atoms with Crippen LogP contribution >= 0.6 is 0 Å². The van der Waals surface area contributed by atoms with Gasteiger partial charge in [-0.3, -0.25) is 24.6 Å². The Morgan fingerprint density at radius 1 is 1.28 bits per heavy atom. The standard InChI is InChI=1S/C12H10N2O4/c15-11-3-1-2-8-13(11)12(16)9-4-6-10(7-5-9)14(17)18/h1,3-7H,2,8H2. The molecular weight excluding hydrogens is 236 g/mol. The zero-order valence-corrected chi connectivity index (χ0v) is 9.41. The van der Waals surface area contributed by atoms with E-state index < -0.39 is 10.8 Å². The molecule has 1 aromatic carbocycles. The molecule has 0 saturated carbocycles. The molecule has 6 nitrogen and oxygen atoms in total. The Morgan fingerprint density at radius 3 is 2.50 bits per heavy atom. The SMILES string of the molecule is O=C1C=CCCN1C(=O)c1ccc([N+](=O)[O-])cc1. The molecule has 0 saturated heterocycles. The number of carbonyl (C=O) groups is 2. The summed E-state index contributed by atoms with van der Waals surface area (Å²) in [5, 5.41) is 10.5. The van der Waals surface area contributed by atoms with Crippen LogP contribution in [-0.2, 0) is 4.79 Å². The molecule has 18 heavy (non-hydrogen) atoms. The summed E-state index contributed by atoms with van der Waals surface area (Å²) in [6.07, 6.45) is 3.69. The maximum atomic E-state index is 12.0. The molecule has 92 valence electrons. The third kappa shape index (κ3) is 2.27. The Morgan fingerprint density at radius 2 is 1.94 bits per heavy atom. The molecule has 1 aromatic rings. The molecule has 0 atom stereocenters. The highest BCUT2D eigenvalue weighted by atomic mass is 16.6. The van der Waals surface area contributed by atoms with Gasteiger partial charge in [-0.1, -0.05) is 6.08 Å². The molecule has 1 aliphatic heterocycles. The minimum Gasteiger partial charge on any atom is -0.275 e. The molecule has 2 amide bonds. The van der Waals surface area contributed by atoms with Crippen molar-refractivity contribution in [3.63, 3.8) is 0 Å². The summed E-state index contributed by atoms with van der Waals surface area (Å²) in [6, 6.07) is 5.20. The van der Waals surface area contributed by atoms with Crippen LogP contribution < -0.4 is 0 Å². The Hall–Kier alpha value is -2.50. The summed E-state index contributed by atoms with van der Waals surface area (Å²) in [5.41, 5.74) is 0.181. The number of hydrogen-bond donors (Lipinski definition) is 0. The van der Waals surface area contributed by atoms with Crippen LogP contribution in [0.1, 0.15) is 16.8 Å². The van der Waals surface area contributed by atoms with E-state index in [0.29, 0.717) is 13.0 Å². The van der Waals surface area contributed by atoms with Crippen LogP contribution in [0.4, 0.5) is 5.69 Å². The van der Waals surface area contributed by atoms with Crippen molar-refractivity contribution in [3.8, 4) is 0 Å². The minimum absolute atomic E-state index is 0.0867. The van der Waals surface area contributed by atoms with Crippen molar-refractivity contribution in [1.82, 2.24) is 4.90 Å². The Kier molecular flexibility index (Phi) is 3.18. The number of amides is 2. The minimum atomic E-state index is -0.539. The third-order valence-electron chi connectivity index (χ3n) is 2.62. The predicted molar refractivity (Wildman–Crippen MR) is 62.9 cm³/mol. The van der Waals surface area contributed by atoms with E-state index in [1.54, 1.807) is 6.08 Å². The lowest BCUT2D eigenvalue weighted by molar-refractivity contribution is -0.384. The fourth-order valence-corrected chi connectivity index (χ4v) is 1.67. The Labute approximate surface area is 103 Å². The normalized spacial score (nSPS) is 14.7. The summed E-state index contributed by atoms with van der Waals surface area (Å²) < 4.78 is 0. The third-order valence-corrected chi connectivity index (χ3v) is 2.62. The van der Waals surface area contributed by atoms with Crippen molar-refractivity contribution in [2.24, 2.45) is 0 Å². The second kappa shape index (κ2) is 4.79. The predicted octanol–water partition coefficient (Wildman–Crippen LogP) is 1.52. The van der Waals surface area contributed by atoms with Gasteiger partial charge in [0.25, 0.3) is 17.5 Å². The number of non-ortho nitro benzene ring substituents is 1. The first kappa shape index (κ1) is 12.0. The molecule has 0 N–H and O–H groups in total. The molecular formula is C12H10N2O4. The number of benzene rings is 1. The molecule has 0 unspecified atom stereocenters. The van der Waals surface area contributed by atoms with Crippen molar-refractivity contribution >= 4 is 17.5 Å². The zero-order chi connectivity index (χ0) is 13.1. The van der Waals surface area contributed by atoms with E-state index in [0.717, 1.165) is 4.90 Å². The number of nitro groups is 1. The van der Waals surface area contributed by atoms with E-state index >= 15 is 0 Å². The first-order valence-electron chi connectivity index (χ1n) is 5.36. The molecule has 0 fully saturated rings. The van der Waals surface area contributed by atoms with Crippen LogP contribution in [0.25, 0.3) is 0 Å². The van der Waals surface area contributed by atoms with Gasteiger partial charge < -0.3 is 0 Å². The summed E-state index contributed by atoms with van der Waals surface area (Å²) in [5.74, 6) is -0.788. The number of carbonyl (C=O) groups excluding carboxylic acids is 2. The van der Waals surface area contributed by atoms with Crippen LogP contribution in [0.2, 0.25) is 0 Å². The molecule has 6 heteroatoms. The van der Waals surface area contributed by atoms with Gasteiger partial charge >= 0.3 is 0 Å². The fraction of sp³-hybridized carbons (Fsp3) is 0.167. The average Bonchev–Trinajstić information content (AvgIpc) is 2.38. The molecule has 0 bridgehead atoms. The lowest BCUT2D eigenvalue weighted by Gasteiger charge is -2.21. The van der Waals surface area contributed by atoms with E-state index in [1.807, 2.05) is 0 Å².